The summed E-state index contributed by atoms with van der Waals surface area (Å²) in [6.07, 6.45) is 1.55. The number of hydrogen-bond donors (Lipinski definition) is 1. The van der Waals surface area contributed by atoms with E-state index in [4.69, 9.17) is 9.47 Å². The lowest BCUT2D eigenvalue weighted by Crippen LogP contribution is -2.28. The highest BCUT2D eigenvalue weighted by molar-refractivity contribution is 8.00. The maximum absolute atomic E-state index is 12.7. The number of thioether (sulfide) groups is 1. The van der Waals surface area contributed by atoms with Crippen LogP contribution in [0.5, 0.6) is 0 Å². The van der Waals surface area contributed by atoms with Crippen LogP contribution in [0.4, 0.5) is 0 Å². The van der Waals surface area contributed by atoms with Gasteiger partial charge in [-0.15, -0.1) is 11.8 Å². The summed E-state index contributed by atoms with van der Waals surface area (Å²) in [6.45, 7) is 4.56. The molecule has 0 atom stereocenters. The molecule has 0 spiro atoms. The van der Waals surface area contributed by atoms with Crippen LogP contribution in [0.3, 0.4) is 0 Å². The Morgan fingerprint density at radius 2 is 1.77 bits per heavy atom. The van der Waals surface area contributed by atoms with Crippen molar-refractivity contribution in [2.45, 2.75) is 31.6 Å². The van der Waals surface area contributed by atoms with Crippen molar-refractivity contribution in [2.24, 2.45) is 0 Å². The van der Waals surface area contributed by atoms with Crippen molar-refractivity contribution in [1.82, 2.24) is 5.32 Å². The summed E-state index contributed by atoms with van der Waals surface area (Å²) in [5.41, 5.74) is 2.94. The van der Waals surface area contributed by atoms with Crippen molar-refractivity contribution in [2.75, 3.05) is 32.6 Å². The van der Waals surface area contributed by atoms with Gasteiger partial charge in [0.2, 0.25) is 11.7 Å². The van der Waals surface area contributed by atoms with Crippen LogP contribution in [-0.4, -0.2) is 50.3 Å². The van der Waals surface area contributed by atoms with Crippen molar-refractivity contribution in [3.05, 3.63) is 64.7 Å². The van der Waals surface area contributed by atoms with E-state index in [1.807, 2.05) is 32.0 Å². The molecule has 0 fully saturated rings. The van der Waals surface area contributed by atoms with E-state index in [-0.39, 0.29) is 24.1 Å². The molecule has 166 valence electrons. The summed E-state index contributed by atoms with van der Waals surface area (Å²) in [7, 11) is 1.57. The molecule has 31 heavy (non-hydrogen) atoms. The molecule has 0 unspecified atom stereocenters. The number of benzene rings is 2. The van der Waals surface area contributed by atoms with E-state index in [0.717, 1.165) is 24.0 Å². The molecule has 0 aromatic heterocycles. The average molecular weight is 444 g/mol. The number of rotatable bonds is 12. The van der Waals surface area contributed by atoms with Gasteiger partial charge in [-0.2, -0.15) is 0 Å². The van der Waals surface area contributed by atoms with Gasteiger partial charge < -0.3 is 14.8 Å². The first kappa shape index (κ1) is 24.6. The Balaban J connectivity index is 2.00. The number of amides is 1. The molecule has 7 heteroatoms. The van der Waals surface area contributed by atoms with Crippen LogP contribution in [0.2, 0.25) is 0 Å². The molecular formula is C24H29NO5S. The van der Waals surface area contributed by atoms with Gasteiger partial charge in [0.1, 0.15) is 0 Å². The van der Waals surface area contributed by atoms with Crippen molar-refractivity contribution in [3.8, 4) is 0 Å². The standard InChI is InChI=1S/C24H29NO5S/c1-4-17-10-11-18(5-2)20(14-17)21(26)15-30-24(28)19-8-6-7-9-22(19)31-16-23(27)25-12-13-29-3/h6-11,14H,4-5,12-13,15-16H2,1-3H3,(H,25,27). The number of hydrogen-bond acceptors (Lipinski definition) is 6. The van der Waals surface area contributed by atoms with Gasteiger partial charge in [-0.25, -0.2) is 4.79 Å². The van der Waals surface area contributed by atoms with E-state index in [9.17, 15) is 14.4 Å². The fraction of sp³-hybridized carbons (Fsp3) is 0.375. The Bertz CT molecular complexity index is 913. The zero-order valence-corrected chi connectivity index (χ0v) is 19.1. The van der Waals surface area contributed by atoms with E-state index < -0.39 is 5.97 Å². The van der Waals surface area contributed by atoms with Gasteiger partial charge in [0.05, 0.1) is 17.9 Å². The number of aryl methyl sites for hydroxylation is 2. The van der Waals surface area contributed by atoms with Crippen molar-refractivity contribution < 1.29 is 23.9 Å². The average Bonchev–Trinajstić information content (AvgIpc) is 2.80. The second-order valence-corrected chi connectivity index (χ2v) is 7.84. The molecule has 0 radical (unpaired) electrons. The lowest BCUT2D eigenvalue weighted by atomic mass is 9.98. The zero-order chi connectivity index (χ0) is 22.6. The number of esters is 1. The second-order valence-electron chi connectivity index (χ2n) is 6.83. The van der Waals surface area contributed by atoms with E-state index in [1.165, 1.54) is 11.8 Å². The van der Waals surface area contributed by atoms with Crippen LogP contribution in [-0.2, 0) is 27.1 Å². The third-order valence-corrected chi connectivity index (χ3v) is 5.77. The predicted molar refractivity (Wildman–Crippen MR) is 122 cm³/mol. The van der Waals surface area contributed by atoms with Gasteiger partial charge in [-0.05, 0) is 42.2 Å². The first-order chi connectivity index (χ1) is 15.0. The van der Waals surface area contributed by atoms with Crippen LogP contribution >= 0.6 is 11.8 Å². The molecule has 0 aliphatic heterocycles. The fourth-order valence-electron chi connectivity index (χ4n) is 2.95. The summed E-state index contributed by atoms with van der Waals surface area (Å²) >= 11 is 1.24. The van der Waals surface area contributed by atoms with Gasteiger partial charge in [0.15, 0.2) is 6.61 Å². The molecule has 1 amide bonds. The Morgan fingerprint density at radius 3 is 2.48 bits per heavy atom. The Hall–Kier alpha value is -2.64. The minimum absolute atomic E-state index is 0.150. The molecule has 0 aliphatic carbocycles. The second kappa shape index (κ2) is 12.9. The highest BCUT2D eigenvalue weighted by Gasteiger charge is 2.18. The Labute approximate surface area is 187 Å². The zero-order valence-electron chi connectivity index (χ0n) is 18.2. The number of carbonyl (C=O) groups is 3. The first-order valence-corrected chi connectivity index (χ1v) is 11.3. The van der Waals surface area contributed by atoms with E-state index >= 15 is 0 Å². The van der Waals surface area contributed by atoms with Gasteiger partial charge in [0, 0.05) is 24.1 Å². The topological polar surface area (TPSA) is 81.7 Å². The van der Waals surface area contributed by atoms with Crippen molar-refractivity contribution in [1.29, 1.82) is 0 Å². The highest BCUT2D eigenvalue weighted by Crippen LogP contribution is 2.23. The highest BCUT2D eigenvalue weighted by atomic mass is 32.2. The summed E-state index contributed by atoms with van der Waals surface area (Å²) in [4.78, 5) is 37.9. The first-order valence-electron chi connectivity index (χ1n) is 10.3. The molecule has 2 aromatic carbocycles. The smallest absolute Gasteiger partial charge is 0.339 e. The molecule has 2 aromatic rings. The number of ether oxygens (including phenoxy) is 2. The summed E-state index contributed by atoms with van der Waals surface area (Å²) in [6, 6.07) is 12.7. The number of Topliss-reactive ketones (excluding diaryl/α,β-unsaturated/α-hetero) is 1. The van der Waals surface area contributed by atoms with Gasteiger partial charge in [-0.1, -0.05) is 38.1 Å². The number of carbonyl (C=O) groups excluding carboxylic acids is 3. The molecule has 6 nitrogen and oxygen atoms in total. The maximum atomic E-state index is 12.7. The minimum Gasteiger partial charge on any atom is -0.454 e. The molecule has 0 bridgehead atoms. The van der Waals surface area contributed by atoms with Crippen LogP contribution in [0.25, 0.3) is 0 Å². The normalized spacial score (nSPS) is 10.5. The summed E-state index contributed by atoms with van der Waals surface area (Å²) in [5, 5.41) is 2.74. The molecule has 0 aliphatic rings. The molecular weight excluding hydrogens is 414 g/mol. The number of ketones is 1. The van der Waals surface area contributed by atoms with Crippen LogP contribution in [0.15, 0.2) is 47.4 Å². The molecule has 2 rings (SSSR count). The number of methoxy groups -OCH3 is 1. The predicted octanol–water partition coefficient (Wildman–Crippen LogP) is 3.71. The SMILES string of the molecule is CCc1ccc(CC)c(C(=O)COC(=O)c2ccccc2SCC(=O)NCCOC)c1. The van der Waals surface area contributed by atoms with Gasteiger partial charge >= 0.3 is 5.97 Å². The van der Waals surface area contributed by atoms with Crippen molar-refractivity contribution >= 4 is 29.4 Å². The lowest BCUT2D eigenvalue weighted by molar-refractivity contribution is -0.118. The van der Waals surface area contributed by atoms with Crippen LogP contribution in [0.1, 0.15) is 45.7 Å². The third kappa shape index (κ3) is 7.52. The van der Waals surface area contributed by atoms with Gasteiger partial charge in [0.25, 0.3) is 0 Å². The Kier molecular flexibility index (Phi) is 10.3. The lowest BCUT2D eigenvalue weighted by Gasteiger charge is -2.11. The quantitative estimate of drug-likeness (QED) is 0.233. The monoisotopic (exact) mass is 443 g/mol. The molecule has 1 N–H and O–H groups in total. The Morgan fingerprint density at radius 1 is 1.00 bits per heavy atom. The van der Waals surface area contributed by atoms with E-state index in [2.05, 4.69) is 5.32 Å². The maximum Gasteiger partial charge on any atom is 0.339 e. The van der Waals surface area contributed by atoms with E-state index in [1.54, 1.807) is 31.4 Å². The molecule has 0 saturated heterocycles. The third-order valence-electron chi connectivity index (χ3n) is 4.69. The molecule has 0 saturated carbocycles. The fourth-order valence-corrected chi connectivity index (χ4v) is 3.82. The summed E-state index contributed by atoms with van der Waals surface area (Å²) < 4.78 is 10.2. The van der Waals surface area contributed by atoms with Crippen LogP contribution < -0.4 is 5.32 Å². The van der Waals surface area contributed by atoms with Crippen LogP contribution in [0, 0.1) is 0 Å². The van der Waals surface area contributed by atoms with E-state index in [0.29, 0.717) is 29.2 Å². The molecule has 0 heterocycles. The van der Waals surface area contributed by atoms with Crippen molar-refractivity contribution in [3.63, 3.8) is 0 Å². The number of nitrogens with one attached hydrogen (secondary N) is 1. The summed E-state index contributed by atoms with van der Waals surface area (Å²) in [5.74, 6) is -0.788. The largest absolute Gasteiger partial charge is 0.454 e. The van der Waals surface area contributed by atoms with Gasteiger partial charge in [-0.3, -0.25) is 9.59 Å². The minimum atomic E-state index is -0.582.